The second kappa shape index (κ2) is 7.80. The van der Waals surface area contributed by atoms with Gasteiger partial charge in [0.05, 0.1) is 27.2 Å². The van der Waals surface area contributed by atoms with Crippen LogP contribution in [0, 0.1) is 0 Å². The van der Waals surface area contributed by atoms with Gasteiger partial charge in [0, 0.05) is 13.2 Å². The van der Waals surface area contributed by atoms with Gasteiger partial charge < -0.3 is 5.32 Å². The van der Waals surface area contributed by atoms with Gasteiger partial charge in [0.1, 0.15) is 0 Å². The fourth-order valence-electron chi connectivity index (χ4n) is 2.31. The van der Waals surface area contributed by atoms with Crippen LogP contribution in [0.5, 0.6) is 0 Å². The molecule has 28 heavy (non-hydrogen) atoms. The number of para-hydroxylation sites is 1. The second-order valence-corrected chi connectivity index (χ2v) is 7.01. The minimum atomic E-state index is -4.58. The smallest absolute Gasteiger partial charge is 0.309 e. The third-order valence-electron chi connectivity index (χ3n) is 3.70. The van der Waals surface area contributed by atoms with Crippen molar-refractivity contribution in [2.24, 2.45) is 7.05 Å². The Hall–Kier alpha value is -2.59. The second-order valence-electron chi connectivity index (χ2n) is 5.66. The van der Waals surface area contributed by atoms with E-state index < -0.39 is 17.6 Å². The number of nitrogens with one attached hydrogen (secondary N) is 1. The van der Waals surface area contributed by atoms with Crippen LogP contribution in [0.15, 0.2) is 46.5 Å². The minimum Gasteiger partial charge on any atom is -0.309 e. The van der Waals surface area contributed by atoms with Crippen LogP contribution in [0.25, 0.3) is 10.9 Å². The fourth-order valence-corrected chi connectivity index (χ4v) is 3.30. The summed E-state index contributed by atoms with van der Waals surface area (Å²) in [6, 6.07) is 7.50. The maximum absolute atomic E-state index is 12.6. The van der Waals surface area contributed by atoms with Crippen LogP contribution in [0.1, 0.15) is 5.56 Å². The van der Waals surface area contributed by atoms with Crippen molar-refractivity contribution in [2.45, 2.75) is 11.3 Å². The van der Waals surface area contributed by atoms with E-state index in [1.54, 1.807) is 24.3 Å². The summed E-state index contributed by atoms with van der Waals surface area (Å²) in [6.45, 7) is 0. The largest absolute Gasteiger partial charge is 0.417 e. The average Bonchev–Trinajstić information content (AvgIpc) is 2.64. The number of thioether (sulfide) groups is 1. The number of fused-ring (bicyclic) bond motifs is 1. The summed E-state index contributed by atoms with van der Waals surface area (Å²) in [5.74, 6) is -0.875. The summed E-state index contributed by atoms with van der Waals surface area (Å²) in [5.41, 5.74) is -0.762. The van der Waals surface area contributed by atoms with Crippen molar-refractivity contribution in [3.63, 3.8) is 0 Å². The van der Waals surface area contributed by atoms with E-state index in [9.17, 15) is 22.8 Å². The van der Waals surface area contributed by atoms with Crippen LogP contribution in [0.3, 0.4) is 0 Å². The van der Waals surface area contributed by atoms with Gasteiger partial charge in [-0.25, -0.2) is 9.97 Å². The number of carbonyl (C=O) groups is 1. The molecule has 3 aromatic rings. The first-order valence-corrected chi connectivity index (χ1v) is 9.14. The zero-order chi connectivity index (χ0) is 20.5. The molecule has 0 unspecified atom stereocenters. The van der Waals surface area contributed by atoms with Crippen LogP contribution in [-0.2, 0) is 18.0 Å². The van der Waals surface area contributed by atoms with Gasteiger partial charge in [-0.2, -0.15) is 13.2 Å². The third-order valence-corrected chi connectivity index (χ3v) is 5.02. The standard InChI is InChI=1S/C17H12ClF3N4O2S/c1-25-15(27)10-4-2-3-5-12(10)23-16(25)28-8-13(26)24-14-11(18)6-9(7-22-14)17(19,20)21/h2-7H,8H2,1H3,(H,22,24,26). The number of aromatic nitrogens is 3. The quantitative estimate of drug-likeness (QED) is 0.506. The highest BCUT2D eigenvalue weighted by Crippen LogP contribution is 2.32. The summed E-state index contributed by atoms with van der Waals surface area (Å²) in [7, 11) is 1.54. The van der Waals surface area contributed by atoms with Crippen LogP contribution in [0.2, 0.25) is 5.02 Å². The Kier molecular flexibility index (Phi) is 5.61. The van der Waals surface area contributed by atoms with E-state index in [2.05, 4.69) is 15.3 Å². The monoisotopic (exact) mass is 428 g/mol. The number of anilines is 1. The van der Waals surface area contributed by atoms with E-state index in [1.165, 1.54) is 11.6 Å². The van der Waals surface area contributed by atoms with Crippen molar-refractivity contribution in [3.05, 3.63) is 57.5 Å². The molecule has 0 fully saturated rings. The Balaban J connectivity index is 1.72. The lowest BCUT2D eigenvalue weighted by Gasteiger charge is -2.11. The normalized spacial score (nSPS) is 11.6. The molecule has 0 aliphatic rings. The van der Waals surface area contributed by atoms with E-state index in [0.717, 1.165) is 11.8 Å². The van der Waals surface area contributed by atoms with Crippen molar-refractivity contribution in [1.82, 2.24) is 14.5 Å². The number of alkyl halides is 3. The van der Waals surface area contributed by atoms with Crippen molar-refractivity contribution in [3.8, 4) is 0 Å². The van der Waals surface area contributed by atoms with Gasteiger partial charge in [-0.1, -0.05) is 35.5 Å². The Morgan fingerprint density at radius 3 is 2.71 bits per heavy atom. The molecule has 0 spiro atoms. The summed E-state index contributed by atoms with van der Waals surface area (Å²) in [4.78, 5) is 32.3. The minimum absolute atomic E-state index is 0.141. The number of nitrogens with zero attached hydrogens (tertiary/aromatic N) is 3. The summed E-state index contributed by atoms with van der Waals surface area (Å²) in [6.07, 6.45) is -4.00. The molecule has 0 atom stereocenters. The SMILES string of the molecule is Cn1c(SCC(=O)Nc2ncc(C(F)(F)F)cc2Cl)nc2ccccc2c1=O. The molecule has 146 valence electrons. The maximum Gasteiger partial charge on any atom is 0.417 e. The van der Waals surface area contributed by atoms with Crippen LogP contribution in [-0.4, -0.2) is 26.2 Å². The molecule has 0 radical (unpaired) electrons. The van der Waals surface area contributed by atoms with E-state index in [0.29, 0.717) is 28.3 Å². The zero-order valence-corrected chi connectivity index (χ0v) is 15.8. The summed E-state index contributed by atoms with van der Waals surface area (Å²) >= 11 is 6.77. The fraction of sp³-hybridized carbons (Fsp3) is 0.176. The Labute approximate surface area is 165 Å². The number of halogens is 4. The lowest BCUT2D eigenvalue weighted by atomic mass is 10.2. The van der Waals surface area contributed by atoms with Crippen molar-refractivity contribution in [2.75, 3.05) is 11.1 Å². The molecule has 2 aromatic heterocycles. The maximum atomic E-state index is 12.6. The number of rotatable bonds is 4. The van der Waals surface area contributed by atoms with Crippen molar-refractivity contribution >= 4 is 46.0 Å². The molecule has 11 heteroatoms. The first kappa shape index (κ1) is 20.2. The molecular weight excluding hydrogens is 417 g/mol. The van der Waals surface area contributed by atoms with Gasteiger partial charge >= 0.3 is 6.18 Å². The summed E-state index contributed by atoms with van der Waals surface area (Å²) < 4.78 is 39.2. The predicted octanol–water partition coefficient (Wildman–Crippen LogP) is 3.73. The molecule has 0 saturated heterocycles. The van der Waals surface area contributed by atoms with Gasteiger partial charge in [0.2, 0.25) is 5.91 Å². The predicted molar refractivity (Wildman–Crippen MR) is 101 cm³/mol. The van der Waals surface area contributed by atoms with E-state index in [4.69, 9.17) is 11.6 Å². The highest BCUT2D eigenvalue weighted by molar-refractivity contribution is 7.99. The van der Waals surface area contributed by atoms with E-state index >= 15 is 0 Å². The van der Waals surface area contributed by atoms with Gasteiger partial charge in [0.25, 0.3) is 5.56 Å². The zero-order valence-electron chi connectivity index (χ0n) is 14.2. The number of amides is 1. The molecule has 3 rings (SSSR count). The molecule has 1 N–H and O–H groups in total. The van der Waals surface area contributed by atoms with Gasteiger partial charge in [-0.3, -0.25) is 14.2 Å². The molecule has 0 aliphatic heterocycles. The lowest BCUT2D eigenvalue weighted by molar-refractivity contribution is -0.137. The van der Waals surface area contributed by atoms with Gasteiger partial charge in [-0.15, -0.1) is 0 Å². The highest BCUT2D eigenvalue weighted by atomic mass is 35.5. The highest BCUT2D eigenvalue weighted by Gasteiger charge is 2.31. The topological polar surface area (TPSA) is 76.9 Å². The number of pyridine rings is 1. The molecule has 0 saturated carbocycles. The molecule has 1 aromatic carbocycles. The molecule has 6 nitrogen and oxygen atoms in total. The Bertz CT molecular complexity index is 1120. The van der Waals surface area contributed by atoms with Gasteiger partial charge in [0.15, 0.2) is 11.0 Å². The molecule has 2 heterocycles. The van der Waals surface area contributed by atoms with E-state index in [1.807, 2.05) is 0 Å². The lowest BCUT2D eigenvalue weighted by Crippen LogP contribution is -2.21. The Morgan fingerprint density at radius 1 is 1.32 bits per heavy atom. The average molecular weight is 429 g/mol. The van der Waals surface area contributed by atoms with Crippen LogP contribution in [0.4, 0.5) is 19.0 Å². The molecular formula is C17H12ClF3N4O2S. The summed E-state index contributed by atoms with van der Waals surface area (Å²) in [5, 5.41) is 2.80. The Morgan fingerprint density at radius 2 is 2.04 bits per heavy atom. The first-order valence-electron chi connectivity index (χ1n) is 7.78. The van der Waals surface area contributed by atoms with Crippen LogP contribution < -0.4 is 10.9 Å². The molecule has 0 aliphatic carbocycles. The number of benzene rings is 1. The van der Waals surface area contributed by atoms with Gasteiger partial charge in [-0.05, 0) is 18.2 Å². The third kappa shape index (κ3) is 4.28. The first-order chi connectivity index (χ1) is 13.2. The van der Waals surface area contributed by atoms with Crippen molar-refractivity contribution in [1.29, 1.82) is 0 Å². The number of hydrogen-bond donors (Lipinski definition) is 1. The number of carbonyl (C=O) groups excluding carboxylic acids is 1. The van der Waals surface area contributed by atoms with Crippen LogP contribution >= 0.6 is 23.4 Å². The molecule has 0 bridgehead atoms. The van der Waals surface area contributed by atoms with Crippen molar-refractivity contribution < 1.29 is 18.0 Å². The molecule has 1 amide bonds. The van der Waals surface area contributed by atoms with E-state index in [-0.39, 0.29) is 22.2 Å². The number of hydrogen-bond acceptors (Lipinski definition) is 5.